The molecule has 1 atom stereocenters. The lowest BCUT2D eigenvalue weighted by Gasteiger charge is -2.42. The lowest BCUT2D eigenvalue weighted by molar-refractivity contribution is -0.129. The molecule has 4 rings (SSSR count). The van der Waals surface area contributed by atoms with Gasteiger partial charge >= 0.3 is 6.03 Å². The predicted octanol–water partition coefficient (Wildman–Crippen LogP) is 2.37. The highest BCUT2D eigenvalue weighted by Gasteiger charge is 2.54. The van der Waals surface area contributed by atoms with Crippen LogP contribution in [0.3, 0.4) is 0 Å². The Kier molecular flexibility index (Phi) is 6.72. The standard InChI is InChI=1S/C22H30N4O3.ClH/c1-15(2)14-26-21(29)24-20(28)22(26)8-11-25(12-9-22)19(27)18-6-4-3-5-17(18)16-7-10-23-13-16;/h3-6,15-16,23H,7-14H2,1-2H3,(H,24,28,29);1H. The zero-order chi connectivity index (χ0) is 20.6. The molecule has 3 aliphatic heterocycles. The number of likely N-dealkylation sites (tertiary alicyclic amines) is 1. The molecule has 164 valence electrons. The number of halogens is 1. The van der Waals surface area contributed by atoms with Crippen molar-refractivity contribution in [1.82, 2.24) is 20.4 Å². The second-order valence-electron chi connectivity index (χ2n) is 8.86. The number of urea groups is 1. The fourth-order valence-corrected chi connectivity index (χ4v) is 4.94. The number of hydrogen-bond acceptors (Lipinski definition) is 4. The van der Waals surface area contributed by atoms with Gasteiger partial charge in [-0.2, -0.15) is 0 Å². The van der Waals surface area contributed by atoms with E-state index in [0.29, 0.717) is 38.4 Å². The van der Waals surface area contributed by atoms with Crippen LogP contribution in [0.1, 0.15) is 54.9 Å². The van der Waals surface area contributed by atoms with E-state index in [-0.39, 0.29) is 36.2 Å². The van der Waals surface area contributed by atoms with Crippen molar-refractivity contribution in [2.75, 3.05) is 32.7 Å². The molecule has 0 aromatic heterocycles. The number of amides is 4. The Bertz CT molecular complexity index is 814. The maximum atomic E-state index is 13.3. The molecule has 3 aliphatic rings. The number of imide groups is 1. The molecule has 1 unspecified atom stereocenters. The van der Waals surface area contributed by atoms with Crippen molar-refractivity contribution in [2.24, 2.45) is 5.92 Å². The van der Waals surface area contributed by atoms with Crippen molar-refractivity contribution >= 4 is 30.3 Å². The van der Waals surface area contributed by atoms with Crippen LogP contribution in [0.15, 0.2) is 24.3 Å². The molecule has 3 heterocycles. The second-order valence-corrected chi connectivity index (χ2v) is 8.86. The molecule has 1 aromatic carbocycles. The average Bonchev–Trinajstić information content (AvgIpc) is 3.32. The third-order valence-corrected chi connectivity index (χ3v) is 6.52. The first-order chi connectivity index (χ1) is 13.9. The van der Waals surface area contributed by atoms with Crippen LogP contribution in [0.25, 0.3) is 0 Å². The highest BCUT2D eigenvalue weighted by atomic mass is 35.5. The van der Waals surface area contributed by atoms with Gasteiger partial charge < -0.3 is 15.1 Å². The van der Waals surface area contributed by atoms with Gasteiger partial charge in [0, 0.05) is 31.7 Å². The first kappa shape index (κ1) is 22.6. The summed E-state index contributed by atoms with van der Waals surface area (Å²) in [6, 6.07) is 7.58. The summed E-state index contributed by atoms with van der Waals surface area (Å²) in [5.41, 5.74) is 1.06. The smallest absolute Gasteiger partial charge is 0.325 e. The molecule has 0 saturated carbocycles. The zero-order valence-electron chi connectivity index (χ0n) is 17.6. The third-order valence-electron chi connectivity index (χ3n) is 6.52. The summed E-state index contributed by atoms with van der Waals surface area (Å²) in [6.45, 7) is 7.46. The number of nitrogens with zero attached hydrogens (tertiary/aromatic N) is 2. The quantitative estimate of drug-likeness (QED) is 0.713. The minimum Gasteiger partial charge on any atom is -0.338 e. The first-order valence-electron chi connectivity index (χ1n) is 10.6. The zero-order valence-corrected chi connectivity index (χ0v) is 18.5. The summed E-state index contributed by atoms with van der Waals surface area (Å²) in [6.07, 6.45) is 2.01. The van der Waals surface area contributed by atoms with E-state index in [1.165, 1.54) is 0 Å². The number of benzene rings is 1. The van der Waals surface area contributed by atoms with Gasteiger partial charge in [0.15, 0.2) is 0 Å². The molecule has 1 aromatic rings. The van der Waals surface area contributed by atoms with Crippen LogP contribution in [0.4, 0.5) is 4.79 Å². The highest BCUT2D eigenvalue weighted by molar-refractivity contribution is 6.07. The Morgan fingerprint density at radius 3 is 2.53 bits per heavy atom. The van der Waals surface area contributed by atoms with Gasteiger partial charge in [-0.25, -0.2) is 4.79 Å². The highest BCUT2D eigenvalue weighted by Crippen LogP contribution is 2.35. The fraction of sp³-hybridized carbons (Fsp3) is 0.591. The maximum absolute atomic E-state index is 13.3. The van der Waals surface area contributed by atoms with Crippen LogP contribution in [0.5, 0.6) is 0 Å². The summed E-state index contributed by atoms with van der Waals surface area (Å²) in [5, 5.41) is 5.86. The molecule has 8 heteroatoms. The minimum atomic E-state index is -0.812. The van der Waals surface area contributed by atoms with E-state index in [9.17, 15) is 14.4 Å². The minimum absolute atomic E-state index is 0. The Morgan fingerprint density at radius 1 is 1.20 bits per heavy atom. The molecule has 0 radical (unpaired) electrons. The van der Waals surface area contributed by atoms with E-state index in [1.807, 2.05) is 36.9 Å². The van der Waals surface area contributed by atoms with Crippen LogP contribution >= 0.6 is 12.4 Å². The van der Waals surface area contributed by atoms with E-state index in [0.717, 1.165) is 30.6 Å². The van der Waals surface area contributed by atoms with Gasteiger partial charge in [0.1, 0.15) is 5.54 Å². The monoisotopic (exact) mass is 434 g/mol. The van der Waals surface area contributed by atoms with E-state index >= 15 is 0 Å². The normalized spacial score (nSPS) is 23.1. The molecule has 7 nitrogen and oxygen atoms in total. The second kappa shape index (κ2) is 8.94. The fourth-order valence-electron chi connectivity index (χ4n) is 4.94. The lowest BCUT2D eigenvalue weighted by Crippen LogP contribution is -2.58. The number of carbonyl (C=O) groups excluding carboxylic acids is 3. The number of rotatable bonds is 4. The number of nitrogens with one attached hydrogen (secondary N) is 2. The Labute approximate surface area is 184 Å². The number of carbonyl (C=O) groups is 3. The molecule has 3 saturated heterocycles. The molecule has 3 fully saturated rings. The molecule has 30 heavy (non-hydrogen) atoms. The van der Waals surface area contributed by atoms with Gasteiger partial charge in [0.05, 0.1) is 0 Å². The van der Waals surface area contributed by atoms with Crippen LogP contribution in [-0.2, 0) is 4.79 Å². The molecule has 1 spiro atoms. The Balaban J connectivity index is 0.00000256. The molecule has 0 aliphatic carbocycles. The van der Waals surface area contributed by atoms with Crippen LogP contribution < -0.4 is 10.6 Å². The number of hydrogen-bond donors (Lipinski definition) is 2. The predicted molar refractivity (Wildman–Crippen MR) is 117 cm³/mol. The molecule has 4 amide bonds. The molecule has 2 N–H and O–H groups in total. The van der Waals surface area contributed by atoms with E-state index in [4.69, 9.17) is 0 Å². The van der Waals surface area contributed by atoms with Gasteiger partial charge in [-0.3, -0.25) is 14.9 Å². The molecular weight excluding hydrogens is 404 g/mol. The van der Waals surface area contributed by atoms with E-state index in [1.54, 1.807) is 4.90 Å². The van der Waals surface area contributed by atoms with Crippen molar-refractivity contribution < 1.29 is 14.4 Å². The van der Waals surface area contributed by atoms with Gasteiger partial charge in [-0.15, -0.1) is 12.4 Å². The van der Waals surface area contributed by atoms with Crippen molar-refractivity contribution in [3.8, 4) is 0 Å². The number of piperidine rings is 1. The Hall–Kier alpha value is -2.12. The summed E-state index contributed by atoms with van der Waals surface area (Å²) in [4.78, 5) is 41.8. The van der Waals surface area contributed by atoms with Gasteiger partial charge in [-0.1, -0.05) is 32.0 Å². The van der Waals surface area contributed by atoms with Gasteiger partial charge in [0.2, 0.25) is 0 Å². The van der Waals surface area contributed by atoms with Crippen molar-refractivity contribution in [3.05, 3.63) is 35.4 Å². The van der Waals surface area contributed by atoms with Gasteiger partial charge in [-0.05, 0) is 49.3 Å². The third kappa shape index (κ3) is 3.93. The summed E-state index contributed by atoms with van der Waals surface area (Å²) < 4.78 is 0. The summed E-state index contributed by atoms with van der Waals surface area (Å²) in [7, 11) is 0. The molecule has 0 bridgehead atoms. The van der Waals surface area contributed by atoms with Gasteiger partial charge in [0.25, 0.3) is 11.8 Å². The van der Waals surface area contributed by atoms with E-state index in [2.05, 4.69) is 16.7 Å². The summed E-state index contributed by atoms with van der Waals surface area (Å²) >= 11 is 0. The first-order valence-corrected chi connectivity index (χ1v) is 10.6. The average molecular weight is 435 g/mol. The van der Waals surface area contributed by atoms with Crippen LogP contribution in [0.2, 0.25) is 0 Å². The topological polar surface area (TPSA) is 81.8 Å². The summed E-state index contributed by atoms with van der Waals surface area (Å²) in [5.74, 6) is 0.455. The Morgan fingerprint density at radius 2 is 1.90 bits per heavy atom. The SMILES string of the molecule is CC(C)CN1C(=O)NC(=O)C12CCN(C(=O)c1ccccc1C1CCNC1)CC2.Cl. The van der Waals surface area contributed by atoms with Crippen molar-refractivity contribution in [1.29, 1.82) is 0 Å². The van der Waals surface area contributed by atoms with E-state index < -0.39 is 5.54 Å². The van der Waals surface area contributed by atoms with Crippen LogP contribution in [0, 0.1) is 5.92 Å². The lowest BCUT2D eigenvalue weighted by atomic mass is 9.85. The largest absolute Gasteiger partial charge is 0.338 e. The van der Waals surface area contributed by atoms with Crippen LogP contribution in [-0.4, -0.2) is 65.9 Å². The van der Waals surface area contributed by atoms with Crippen molar-refractivity contribution in [2.45, 2.75) is 44.6 Å². The maximum Gasteiger partial charge on any atom is 0.325 e. The van der Waals surface area contributed by atoms with Crippen molar-refractivity contribution in [3.63, 3.8) is 0 Å². The molecular formula is C22H31ClN4O3.